The van der Waals surface area contributed by atoms with Crippen molar-refractivity contribution >= 4 is 28.8 Å². The molecule has 0 bridgehead atoms. The zero-order chi connectivity index (χ0) is 21.4. The van der Waals surface area contributed by atoms with Crippen molar-refractivity contribution in [3.05, 3.63) is 45.9 Å². The number of nitrogens with zero attached hydrogens (tertiary/aromatic N) is 5. The molecule has 3 aromatic heterocycles. The van der Waals surface area contributed by atoms with Gasteiger partial charge in [-0.2, -0.15) is 4.98 Å². The minimum Gasteiger partial charge on any atom is -0.381 e. The van der Waals surface area contributed by atoms with Crippen LogP contribution in [-0.4, -0.2) is 57.8 Å². The maximum atomic E-state index is 6.27. The van der Waals surface area contributed by atoms with Gasteiger partial charge in [0, 0.05) is 58.3 Å². The molecule has 5 heterocycles. The summed E-state index contributed by atoms with van der Waals surface area (Å²) < 4.78 is 18.9. The van der Waals surface area contributed by atoms with E-state index in [1.54, 1.807) is 13.2 Å². The molecular weight excluding hydrogens is 441 g/mol. The number of piperidine rings is 1. The van der Waals surface area contributed by atoms with Crippen LogP contribution < -0.4 is 0 Å². The Morgan fingerprint density at radius 3 is 2.68 bits per heavy atom. The molecule has 31 heavy (non-hydrogen) atoms. The first-order chi connectivity index (χ1) is 15.1. The Bertz CT molecular complexity index is 1050. The molecule has 166 valence electrons. The van der Waals surface area contributed by atoms with E-state index in [1.807, 2.05) is 16.8 Å². The summed E-state index contributed by atoms with van der Waals surface area (Å²) in [5.41, 5.74) is 1.13. The lowest BCUT2D eigenvalue weighted by Crippen LogP contribution is -2.43. The molecule has 2 aliphatic rings. The summed E-state index contributed by atoms with van der Waals surface area (Å²) in [4.78, 5) is 11.8. The van der Waals surface area contributed by atoms with E-state index < -0.39 is 5.60 Å². The number of halogens is 2. The van der Waals surface area contributed by atoms with E-state index >= 15 is 0 Å². The molecule has 0 saturated carbocycles. The minimum atomic E-state index is -0.539. The van der Waals surface area contributed by atoms with Gasteiger partial charge in [0.2, 0.25) is 0 Å². The normalized spacial score (nSPS) is 20.5. The van der Waals surface area contributed by atoms with Crippen LogP contribution in [0.2, 0.25) is 10.0 Å². The number of pyridine rings is 1. The molecule has 0 N–H and O–H groups in total. The molecule has 3 aromatic rings. The summed E-state index contributed by atoms with van der Waals surface area (Å²) in [5.74, 6) is 1.67. The standard InChI is InChI=1S/C21H25Cl2N5O3/c1-29-21(20-25-18(26-31-20)14-2-8-30-9-3-14)4-6-27(7-5-21)12-16-13-28-11-15(22)10-17(23)19(28)24-16/h10-11,13-14H,2-9,12H2,1H3. The van der Waals surface area contributed by atoms with Gasteiger partial charge in [-0.1, -0.05) is 28.4 Å². The number of rotatable bonds is 5. The van der Waals surface area contributed by atoms with Crippen molar-refractivity contribution in [3.63, 3.8) is 0 Å². The summed E-state index contributed by atoms with van der Waals surface area (Å²) in [5, 5.41) is 5.40. The van der Waals surface area contributed by atoms with E-state index in [4.69, 9.17) is 42.2 Å². The first-order valence-electron chi connectivity index (χ1n) is 10.6. The van der Waals surface area contributed by atoms with E-state index in [2.05, 4.69) is 15.0 Å². The molecule has 2 fully saturated rings. The molecule has 2 aliphatic heterocycles. The molecule has 5 rings (SSSR count). The first kappa shape index (κ1) is 21.2. The molecule has 0 radical (unpaired) electrons. The summed E-state index contributed by atoms with van der Waals surface area (Å²) in [6, 6.07) is 1.71. The van der Waals surface area contributed by atoms with Crippen molar-refractivity contribution in [2.24, 2.45) is 0 Å². The average Bonchev–Trinajstić information content (AvgIpc) is 3.43. The Hall–Kier alpha value is -1.71. The molecule has 0 atom stereocenters. The minimum absolute atomic E-state index is 0.302. The zero-order valence-corrected chi connectivity index (χ0v) is 18.9. The Balaban J connectivity index is 1.26. The van der Waals surface area contributed by atoms with Crippen molar-refractivity contribution in [1.82, 2.24) is 24.4 Å². The van der Waals surface area contributed by atoms with Crippen molar-refractivity contribution in [2.45, 2.75) is 43.7 Å². The van der Waals surface area contributed by atoms with Crippen LogP contribution in [0.1, 0.15) is 49.0 Å². The fourth-order valence-corrected chi connectivity index (χ4v) is 5.03. The van der Waals surface area contributed by atoms with Gasteiger partial charge in [-0.25, -0.2) is 4.98 Å². The second-order valence-electron chi connectivity index (χ2n) is 8.29. The number of hydrogen-bond donors (Lipinski definition) is 0. The molecule has 0 amide bonds. The third-order valence-corrected chi connectivity index (χ3v) is 6.87. The van der Waals surface area contributed by atoms with E-state index in [1.165, 1.54) is 0 Å². The molecule has 0 aromatic carbocycles. The largest absolute Gasteiger partial charge is 0.381 e. The van der Waals surface area contributed by atoms with Crippen LogP contribution in [0.4, 0.5) is 0 Å². The lowest BCUT2D eigenvalue weighted by molar-refractivity contribution is -0.0839. The van der Waals surface area contributed by atoms with Crippen molar-refractivity contribution in [1.29, 1.82) is 0 Å². The van der Waals surface area contributed by atoms with E-state index in [0.29, 0.717) is 21.9 Å². The molecule has 0 unspecified atom stereocenters. The van der Waals surface area contributed by atoms with Crippen LogP contribution in [0, 0.1) is 0 Å². The van der Waals surface area contributed by atoms with Crippen LogP contribution in [0.15, 0.2) is 23.0 Å². The second-order valence-corrected chi connectivity index (χ2v) is 9.13. The van der Waals surface area contributed by atoms with Gasteiger partial charge in [-0.15, -0.1) is 0 Å². The predicted molar refractivity (Wildman–Crippen MR) is 116 cm³/mol. The molecule has 8 nitrogen and oxygen atoms in total. The third-order valence-electron chi connectivity index (χ3n) is 6.38. The maximum Gasteiger partial charge on any atom is 0.258 e. The van der Waals surface area contributed by atoms with Gasteiger partial charge in [-0.3, -0.25) is 4.90 Å². The van der Waals surface area contributed by atoms with Gasteiger partial charge >= 0.3 is 0 Å². The lowest BCUT2D eigenvalue weighted by Gasteiger charge is -2.38. The zero-order valence-electron chi connectivity index (χ0n) is 17.4. The monoisotopic (exact) mass is 465 g/mol. The molecular formula is C21H25Cl2N5O3. The second kappa shape index (κ2) is 8.67. The highest BCUT2D eigenvalue weighted by Crippen LogP contribution is 2.37. The van der Waals surface area contributed by atoms with Crippen LogP contribution in [0.25, 0.3) is 5.65 Å². The average molecular weight is 466 g/mol. The number of imidazole rings is 1. The highest BCUT2D eigenvalue weighted by molar-refractivity contribution is 6.36. The Kier molecular flexibility index (Phi) is 5.92. The predicted octanol–water partition coefficient (Wildman–Crippen LogP) is 4.06. The Morgan fingerprint density at radius 1 is 1.16 bits per heavy atom. The number of aromatic nitrogens is 4. The third kappa shape index (κ3) is 4.19. The fraction of sp³-hybridized carbons (Fsp3) is 0.571. The number of likely N-dealkylation sites (tertiary alicyclic amines) is 1. The highest BCUT2D eigenvalue weighted by Gasteiger charge is 2.42. The topological polar surface area (TPSA) is 77.9 Å². The lowest BCUT2D eigenvalue weighted by atomic mass is 9.90. The Morgan fingerprint density at radius 2 is 1.94 bits per heavy atom. The van der Waals surface area contributed by atoms with Crippen molar-refractivity contribution in [3.8, 4) is 0 Å². The maximum absolute atomic E-state index is 6.27. The van der Waals surface area contributed by atoms with Gasteiger partial charge in [0.25, 0.3) is 5.89 Å². The van der Waals surface area contributed by atoms with Crippen LogP contribution >= 0.6 is 23.2 Å². The smallest absolute Gasteiger partial charge is 0.258 e. The summed E-state index contributed by atoms with van der Waals surface area (Å²) in [7, 11) is 1.72. The van der Waals surface area contributed by atoms with Gasteiger partial charge in [0.15, 0.2) is 11.5 Å². The highest BCUT2D eigenvalue weighted by atomic mass is 35.5. The van der Waals surface area contributed by atoms with E-state index in [0.717, 1.165) is 75.7 Å². The molecule has 10 heteroatoms. The van der Waals surface area contributed by atoms with E-state index in [-0.39, 0.29) is 0 Å². The fourth-order valence-electron chi connectivity index (χ4n) is 4.50. The molecule has 2 saturated heterocycles. The summed E-state index contributed by atoms with van der Waals surface area (Å²) in [6.45, 7) is 3.90. The number of fused-ring (bicyclic) bond motifs is 1. The van der Waals surface area contributed by atoms with Crippen LogP contribution in [0.3, 0.4) is 0 Å². The number of hydrogen-bond acceptors (Lipinski definition) is 7. The van der Waals surface area contributed by atoms with Crippen molar-refractivity contribution < 1.29 is 14.0 Å². The Labute approximate surface area is 190 Å². The van der Waals surface area contributed by atoms with Gasteiger partial charge in [0.1, 0.15) is 5.60 Å². The van der Waals surface area contributed by atoms with Crippen molar-refractivity contribution in [2.75, 3.05) is 33.4 Å². The van der Waals surface area contributed by atoms with Gasteiger partial charge in [-0.05, 0) is 31.7 Å². The first-order valence-corrected chi connectivity index (χ1v) is 11.3. The number of ether oxygens (including phenoxy) is 2. The number of methoxy groups -OCH3 is 1. The quantitative estimate of drug-likeness (QED) is 0.561. The SMILES string of the molecule is COC1(c2nc(C3CCOCC3)no2)CCN(Cc2cn3cc(Cl)cc(Cl)c3n2)CC1. The van der Waals surface area contributed by atoms with Crippen LogP contribution in [0.5, 0.6) is 0 Å². The summed E-state index contributed by atoms with van der Waals surface area (Å²) >= 11 is 12.4. The summed E-state index contributed by atoms with van der Waals surface area (Å²) in [6.07, 6.45) is 7.21. The molecule has 0 aliphatic carbocycles. The van der Waals surface area contributed by atoms with E-state index in [9.17, 15) is 0 Å². The van der Waals surface area contributed by atoms with Gasteiger partial charge < -0.3 is 18.4 Å². The van der Waals surface area contributed by atoms with Crippen LogP contribution in [-0.2, 0) is 21.6 Å². The molecule has 0 spiro atoms. The van der Waals surface area contributed by atoms with Gasteiger partial charge in [0.05, 0.1) is 15.7 Å².